The fourth-order valence-electron chi connectivity index (χ4n) is 6.12. The minimum Gasteiger partial charge on any atom is -0.376 e. The Hall–Kier alpha value is -4.36. The van der Waals surface area contributed by atoms with Crippen molar-refractivity contribution in [3.63, 3.8) is 0 Å². The van der Waals surface area contributed by atoms with Crippen LogP contribution in [-0.4, -0.2) is 44.3 Å². The van der Waals surface area contributed by atoms with E-state index in [9.17, 15) is 9.59 Å². The van der Waals surface area contributed by atoms with Gasteiger partial charge in [-0.2, -0.15) is 0 Å². The molecule has 0 radical (unpaired) electrons. The van der Waals surface area contributed by atoms with Gasteiger partial charge in [-0.05, 0) is 73.2 Å². The molecule has 2 aliphatic rings. The molecule has 3 N–H and O–H groups in total. The third-order valence-corrected chi connectivity index (χ3v) is 8.37. The zero-order valence-electron chi connectivity index (χ0n) is 23.9. The molecule has 216 valence electrons. The van der Waals surface area contributed by atoms with Crippen molar-refractivity contribution in [3.05, 3.63) is 102 Å². The first-order valence-electron chi connectivity index (χ1n) is 15.0. The molecule has 7 nitrogen and oxygen atoms in total. The van der Waals surface area contributed by atoms with E-state index in [0.717, 1.165) is 73.9 Å². The van der Waals surface area contributed by atoms with Crippen LogP contribution in [0.3, 0.4) is 0 Å². The molecule has 42 heavy (non-hydrogen) atoms. The van der Waals surface area contributed by atoms with Crippen LogP contribution in [0.5, 0.6) is 0 Å². The molecular formula is C35H38N4O3. The maximum Gasteiger partial charge on any atom is 0.323 e. The van der Waals surface area contributed by atoms with E-state index in [1.807, 2.05) is 54.6 Å². The van der Waals surface area contributed by atoms with Crippen LogP contribution < -0.4 is 20.9 Å². The smallest absolute Gasteiger partial charge is 0.323 e. The standard InChI is InChI=1S/C35H38N4O3/c40-34(36-24-29-12-7-21-42-29)31-23-28(37-35(41)38-32-14-6-11-27-10-4-5-13-30(27)32)15-16-33(31)39-19-17-26(18-20-39)22-25-8-2-1-3-9-25/h1-6,8-11,13-16,23,26,29H,7,12,17-22,24H2,(H,36,40)(H2,37,38,41). The van der Waals surface area contributed by atoms with E-state index in [4.69, 9.17) is 4.74 Å². The summed E-state index contributed by atoms with van der Waals surface area (Å²) in [6, 6.07) is 29.7. The minimum absolute atomic E-state index is 0.0545. The molecule has 4 aromatic carbocycles. The molecule has 2 fully saturated rings. The second-order valence-corrected chi connectivity index (χ2v) is 11.3. The number of benzene rings is 4. The van der Waals surface area contributed by atoms with Gasteiger partial charge in [0.15, 0.2) is 0 Å². The summed E-state index contributed by atoms with van der Waals surface area (Å²) in [6.07, 6.45) is 5.25. The first kappa shape index (κ1) is 27.8. The minimum atomic E-state index is -0.355. The van der Waals surface area contributed by atoms with Gasteiger partial charge in [-0.3, -0.25) is 4.79 Å². The molecule has 1 atom stereocenters. The Balaban J connectivity index is 1.16. The number of rotatable bonds is 8. The zero-order valence-corrected chi connectivity index (χ0v) is 23.9. The van der Waals surface area contributed by atoms with E-state index < -0.39 is 0 Å². The second kappa shape index (κ2) is 13.1. The van der Waals surface area contributed by atoms with E-state index in [1.54, 1.807) is 6.07 Å². The van der Waals surface area contributed by atoms with E-state index >= 15 is 0 Å². The Morgan fingerprint density at radius 3 is 2.43 bits per heavy atom. The monoisotopic (exact) mass is 562 g/mol. The van der Waals surface area contributed by atoms with Gasteiger partial charge in [0.1, 0.15) is 0 Å². The average molecular weight is 563 g/mol. The van der Waals surface area contributed by atoms with Gasteiger partial charge in [0, 0.05) is 43.0 Å². The SMILES string of the molecule is O=C(Nc1ccc(N2CCC(Cc3ccccc3)CC2)c(C(=O)NCC2CCCO2)c1)Nc1cccc2ccccc12. The van der Waals surface area contributed by atoms with Gasteiger partial charge in [-0.15, -0.1) is 0 Å². The first-order chi connectivity index (χ1) is 20.6. The maximum atomic E-state index is 13.5. The van der Waals surface area contributed by atoms with Crippen molar-refractivity contribution in [1.29, 1.82) is 0 Å². The van der Waals surface area contributed by atoms with Gasteiger partial charge in [0.25, 0.3) is 5.91 Å². The number of ether oxygens (including phenoxy) is 1. The molecule has 7 heteroatoms. The summed E-state index contributed by atoms with van der Waals surface area (Å²) in [5, 5.41) is 11.0. The van der Waals surface area contributed by atoms with Crippen molar-refractivity contribution in [3.8, 4) is 0 Å². The van der Waals surface area contributed by atoms with Crippen molar-refractivity contribution < 1.29 is 14.3 Å². The highest BCUT2D eigenvalue weighted by atomic mass is 16.5. The number of urea groups is 1. The van der Waals surface area contributed by atoms with Crippen LogP contribution in [0.2, 0.25) is 0 Å². The predicted molar refractivity (Wildman–Crippen MR) is 169 cm³/mol. The summed E-state index contributed by atoms with van der Waals surface area (Å²) in [7, 11) is 0. The van der Waals surface area contributed by atoms with Gasteiger partial charge in [-0.1, -0.05) is 66.7 Å². The highest BCUT2D eigenvalue weighted by molar-refractivity contribution is 6.07. The van der Waals surface area contributed by atoms with Gasteiger partial charge >= 0.3 is 6.03 Å². The average Bonchev–Trinajstić information content (AvgIpc) is 3.55. The van der Waals surface area contributed by atoms with Gasteiger partial charge in [0.05, 0.1) is 17.4 Å². The molecule has 4 aromatic rings. The van der Waals surface area contributed by atoms with Gasteiger partial charge in [0.2, 0.25) is 0 Å². The van der Waals surface area contributed by atoms with Crippen LogP contribution in [0.15, 0.2) is 91.0 Å². The first-order valence-corrected chi connectivity index (χ1v) is 15.0. The van der Waals surface area contributed by atoms with Crippen molar-refractivity contribution in [1.82, 2.24) is 5.32 Å². The number of amides is 3. The molecule has 2 aliphatic heterocycles. The molecule has 0 aliphatic carbocycles. The normalized spacial score (nSPS) is 17.2. The molecule has 2 saturated heterocycles. The fraction of sp³-hybridized carbons (Fsp3) is 0.314. The summed E-state index contributed by atoms with van der Waals surface area (Å²) in [5.41, 5.74) is 4.14. The number of anilines is 3. The van der Waals surface area contributed by atoms with Crippen molar-refractivity contribution >= 4 is 39.8 Å². The highest BCUT2D eigenvalue weighted by Gasteiger charge is 2.25. The Bertz CT molecular complexity index is 1520. The number of hydrogen-bond donors (Lipinski definition) is 3. The van der Waals surface area contributed by atoms with Crippen molar-refractivity contribution in [2.45, 2.75) is 38.2 Å². The van der Waals surface area contributed by atoms with Crippen LogP contribution in [0.1, 0.15) is 41.6 Å². The summed E-state index contributed by atoms with van der Waals surface area (Å²) < 4.78 is 5.72. The summed E-state index contributed by atoms with van der Waals surface area (Å²) >= 11 is 0. The lowest BCUT2D eigenvalue weighted by Crippen LogP contribution is -2.37. The maximum absolute atomic E-state index is 13.5. The number of carbonyl (C=O) groups is 2. The lowest BCUT2D eigenvalue weighted by molar-refractivity contribution is 0.0858. The van der Waals surface area contributed by atoms with Crippen LogP contribution >= 0.6 is 0 Å². The number of carbonyl (C=O) groups excluding carboxylic acids is 2. The van der Waals surface area contributed by atoms with Crippen molar-refractivity contribution in [2.75, 3.05) is 41.8 Å². The zero-order chi connectivity index (χ0) is 28.7. The fourth-order valence-corrected chi connectivity index (χ4v) is 6.12. The van der Waals surface area contributed by atoms with Crippen LogP contribution in [0.4, 0.5) is 21.9 Å². The molecule has 1 unspecified atom stereocenters. The Morgan fingerprint density at radius 2 is 1.62 bits per heavy atom. The van der Waals surface area contributed by atoms with E-state index in [1.165, 1.54) is 5.56 Å². The number of nitrogens with zero attached hydrogens (tertiary/aromatic N) is 1. The summed E-state index contributed by atoms with van der Waals surface area (Å²) in [6.45, 7) is 3.00. The number of nitrogens with one attached hydrogen (secondary N) is 3. The number of hydrogen-bond acceptors (Lipinski definition) is 4. The van der Waals surface area contributed by atoms with Crippen molar-refractivity contribution in [2.24, 2.45) is 5.92 Å². The van der Waals surface area contributed by atoms with Crippen LogP contribution in [0.25, 0.3) is 10.8 Å². The molecule has 0 spiro atoms. The quantitative estimate of drug-likeness (QED) is 0.219. The third-order valence-electron chi connectivity index (χ3n) is 8.37. The highest BCUT2D eigenvalue weighted by Crippen LogP contribution is 2.31. The lowest BCUT2D eigenvalue weighted by Gasteiger charge is -2.35. The largest absolute Gasteiger partial charge is 0.376 e. The summed E-state index contributed by atoms with van der Waals surface area (Å²) in [4.78, 5) is 28.9. The number of piperidine rings is 1. The van der Waals surface area contributed by atoms with E-state index in [-0.39, 0.29) is 18.0 Å². The molecular weight excluding hydrogens is 524 g/mol. The molecule has 0 aromatic heterocycles. The Labute approximate surface area is 247 Å². The second-order valence-electron chi connectivity index (χ2n) is 11.3. The third kappa shape index (κ3) is 6.74. The molecule has 0 bridgehead atoms. The van der Waals surface area contributed by atoms with E-state index in [0.29, 0.717) is 23.7 Å². The molecule has 6 rings (SSSR count). The Kier molecular flexibility index (Phi) is 8.66. The summed E-state index contributed by atoms with van der Waals surface area (Å²) in [5.74, 6) is 0.476. The lowest BCUT2D eigenvalue weighted by atomic mass is 9.89. The molecule has 0 saturated carbocycles. The van der Waals surface area contributed by atoms with Crippen LogP contribution in [0, 0.1) is 5.92 Å². The topological polar surface area (TPSA) is 82.7 Å². The van der Waals surface area contributed by atoms with Gasteiger partial charge in [-0.25, -0.2) is 4.79 Å². The number of fused-ring (bicyclic) bond motifs is 1. The predicted octanol–water partition coefficient (Wildman–Crippen LogP) is 6.85. The molecule has 2 heterocycles. The Morgan fingerprint density at radius 1 is 0.833 bits per heavy atom. The molecule has 3 amide bonds. The van der Waals surface area contributed by atoms with Crippen LogP contribution in [-0.2, 0) is 11.2 Å². The van der Waals surface area contributed by atoms with E-state index in [2.05, 4.69) is 51.2 Å². The van der Waals surface area contributed by atoms with Gasteiger partial charge < -0.3 is 25.6 Å².